The van der Waals surface area contributed by atoms with Gasteiger partial charge in [0.15, 0.2) is 0 Å². The molecule has 0 amide bonds. The van der Waals surface area contributed by atoms with Gasteiger partial charge in [0, 0.05) is 13.6 Å². The lowest BCUT2D eigenvalue weighted by Crippen LogP contribution is -2.49. The van der Waals surface area contributed by atoms with Crippen LogP contribution in [0.2, 0.25) is 0 Å². The van der Waals surface area contributed by atoms with Crippen LogP contribution >= 0.6 is 0 Å². The van der Waals surface area contributed by atoms with Gasteiger partial charge in [0.2, 0.25) is 0 Å². The number of nitrogens with one attached hydrogen (secondary N) is 1. The van der Waals surface area contributed by atoms with E-state index in [0.29, 0.717) is 5.56 Å². The van der Waals surface area contributed by atoms with Gasteiger partial charge in [-0.25, -0.2) is 0 Å². The fourth-order valence-corrected chi connectivity index (χ4v) is 1.80. The van der Waals surface area contributed by atoms with Gasteiger partial charge in [0.25, 0.3) is 0 Å². The number of nitrogens with zero attached hydrogens (tertiary/aromatic N) is 2. The molecule has 1 aliphatic rings. The van der Waals surface area contributed by atoms with E-state index in [-0.39, 0.29) is 5.54 Å². The number of nitriles is 1. The third kappa shape index (κ3) is 1.52. The lowest BCUT2D eigenvalue weighted by molar-refractivity contribution is 0.503. The summed E-state index contributed by atoms with van der Waals surface area (Å²) in [5.74, 6) is 0. The van der Waals surface area contributed by atoms with Crippen LogP contribution in [0.25, 0.3) is 0 Å². The van der Waals surface area contributed by atoms with Crippen molar-refractivity contribution >= 4 is 11.4 Å². The van der Waals surface area contributed by atoms with Crippen molar-refractivity contribution in [1.29, 1.82) is 5.26 Å². The van der Waals surface area contributed by atoms with Crippen LogP contribution in [-0.4, -0.2) is 19.1 Å². The Bertz CT molecular complexity index is 429. The predicted molar refractivity (Wildman–Crippen MR) is 62.1 cm³/mol. The average Bonchev–Trinajstić information content (AvgIpc) is 2.23. The lowest BCUT2D eigenvalue weighted by Gasteiger charge is -2.43. The van der Waals surface area contributed by atoms with Crippen molar-refractivity contribution in [2.24, 2.45) is 0 Å². The average molecular weight is 201 g/mol. The maximum Gasteiger partial charge on any atom is 0.0992 e. The molecule has 0 radical (unpaired) electrons. The highest BCUT2D eigenvalue weighted by Gasteiger charge is 2.29. The molecular weight excluding hydrogens is 186 g/mol. The molecule has 1 aliphatic heterocycles. The molecule has 0 bridgehead atoms. The minimum Gasteiger partial charge on any atom is -0.381 e. The molecule has 0 atom stereocenters. The number of likely N-dealkylation sites (N-methyl/N-ethyl adjacent to an activating group) is 1. The predicted octanol–water partition coefficient (Wildman–Crippen LogP) is 2.20. The summed E-state index contributed by atoms with van der Waals surface area (Å²) >= 11 is 0. The molecule has 0 aliphatic carbocycles. The van der Waals surface area contributed by atoms with E-state index in [1.807, 2.05) is 18.2 Å². The van der Waals surface area contributed by atoms with Crippen molar-refractivity contribution in [2.75, 3.05) is 23.8 Å². The number of rotatable bonds is 0. The van der Waals surface area contributed by atoms with Gasteiger partial charge in [-0.05, 0) is 32.0 Å². The summed E-state index contributed by atoms with van der Waals surface area (Å²) < 4.78 is 0. The first kappa shape index (κ1) is 9.85. The monoisotopic (exact) mass is 201 g/mol. The smallest absolute Gasteiger partial charge is 0.0992 e. The van der Waals surface area contributed by atoms with Gasteiger partial charge < -0.3 is 10.2 Å². The van der Waals surface area contributed by atoms with Crippen molar-refractivity contribution in [1.82, 2.24) is 0 Å². The van der Waals surface area contributed by atoms with E-state index in [1.165, 1.54) is 0 Å². The summed E-state index contributed by atoms with van der Waals surface area (Å²) in [4.78, 5) is 2.25. The van der Waals surface area contributed by atoms with E-state index >= 15 is 0 Å². The molecule has 0 aromatic heterocycles. The van der Waals surface area contributed by atoms with Crippen LogP contribution in [0.1, 0.15) is 19.4 Å². The fraction of sp³-hybridized carbons (Fsp3) is 0.417. The molecule has 0 saturated carbocycles. The van der Waals surface area contributed by atoms with E-state index in [1.54, 1.807) is 0 Å². The van der Waals surface area contributed by atoms with Gasteiger partial charge in [-0.2, -0.15) is 5.26 Å². The van der Waals surface area contributed by atoms with Gasteiger partial charge >= 0.3 is 0 Å². The second-order valence-corrected chi connectivity index (χ2v) is 4.57. The standard InChI is InChI=1S/C12H15N3/c1-12(2)8-14-10-6-9(7-13)4-5-11(10)15(12)3/h4-6,14H,8H2,1-3H3. The first-order valence-electron chi connectivity index (χ1n) is 5.06. The number of hydrogen-bond acceptors (Lipinski definition) is 3. The normalized spacial score (nSPS) is 17.6. The molecular formula is C12H15N3. The van der Waals surface area contributed by atoms with Crippen LogP contribution in [0.4, 0.5) is 11.4 Å². The first-order chi connectivity index (χ1) is 7.04. The molecule has 3 heteroatoms. The number of anilines is 2. The van der Waals surface area contributed by atoms with Gasteiger partial charge in [-0.15, -0.1) is 0 Å². The van der Waals surface area contributed by atoms with E-state index in [9.17, 15) is 0 Å². The number of fused-ring (bicyclic) bond motifs is 1. The second-order valence-electron chi connectivity index (χ2n) is 4.57. The Balaban J connectivity index is 2.47. The minimum absolute atomic E-state index is 0.112. The van der Waals surface area contributed by atoms with E-state index in [0.717, 1.165) is 17.9 Å². The summed E-state index contributed by atoms with van der Waals surface area (Å²) in [7, 11) is 2.09. The molecule has 2 rings (SSSR count). The van der Waals surface area contributed by atoms with E-state index < -0.39 is 0 Å². The van der Waals surface area contributed by atoms with Crippen LogP contribution in [0.15, 0.2) is 18.2 Å². The summed E-state index contributed by atoms with van der Waals surface area (Å²) in [6.07, 6.45) is 0. The number of hydrogen-bond donors (Lipinski definition) is 1. The highest BCUT2D eigenvalue weighted by atomic mass is 15.2. The Labute approximate surface area is 90.3 Å². The van der Waals surface area contributed by atoms with Gasteiger partial charge in [0.1, 0.15) is 0 Å². The zero-order valence-corrected chi connectivity index (χ0v) is 9.33. The van der Waals surface area contributed by atoms with E-state index in [2.05, 4.69) is 37.2 Å². The van der Waals surface area contributed by atoms with Crippen LogP contribution in [0.5, 0.6) is 0 Å². The number of benzene rings is 1. The summed E-state index contributed by atoms with van der Waals surface area (Å²) in [5, 5.41) is 12.2. The Morgan fingerprint density at radius 2 is 2.20 bits per heavy atom. The fourth-order valence-electron chi connectivity index (χ4n) is 1.80. The topological polar surface area (TPSA) is 39.1 Å². The van der Waals surface area contributed by atoms with Crippen LogP contribution in [0, 0.1) is 11.3 Å². The van der Waals surface area contributed by atoms with Crippen LogP contribution < -0.4 is 10.2 Å². The highest BCUT2D eigenvalue weighted by Crippen LogP contribution is 2.35. The largest absolute Gasteiger partial charge is 0.381 e. The van der Waals surface area contributed by atoms with Gasteiger partial charge in [-0.3, -0.25) is 0 Å². The SMILES string of the molecule is CN1c2ccc(C#N)cc2NCC1(C)C. The Morgan fingerprint density at radius 3 is 2.87 bits per heavy atom. The first-order valence-corrected chi connectivity index (χ1v) is 5.06. The van der Waals surface area contributed by atoms with Crippen LogP contribution in [0.3, 0.4) is 0 Å². The second kappa shape index (κ2) is 3.16. The molecule has 1 N–H and O–H groups in total. The maximum atomic E-state index is 8.82. The zero-order valence-electron chi connectivity index (χ0n) is 9.33. The molecule has 0 unspecified atom stereocenters. The molecule has 3 nitrogen and oxygen atoms in total. The molecule has 1 heterocycles. The zero-order chi connectivity index (χ0) is 11.1. The van der Waals surface area contributed by atoms with Crippen molar-refractivity contribution in [3.05, 3.63) is 23.8 Å². The molecule has 0 fully saturated rings. The molecule has 0 saturated heterocycles. The van der Waals surface area contributed by atoms with Gasteiger partial charge in [0.05, 0.1) is 28.5 Å². The van der Waals surface area contributed by atoms with Crippen molar-refractivity contribution < 1.29 is 0 Å². The maximum absolute atomic E-state index is 8.82. The van der Waals surface area contributed by atoms with Crippen molar-refractivity contribution in [3.8, 4) is 6.07 Å². The van der Waals surface area contributed by atoms with E-state index in [4.69, 9.17) is 5.26 Å². The summed E-state index contributed by atoms with van der Waals surface area (Å²) in [5.41, 5.74) is 3.02. The Morgan fingerprint density at radius 1 is 1.47 bits per heavy atom. The highest BCUT2D eigenvalue weighted by molar-refractivity contribution is 5.74. The molecule has 0 spiro atoms. The Hall–Kier alpha value is -1.69. The van der Waals surface area contributed by atoms with Gasteiger partial charge in [-0.1, -0.05) is 0 Å². The third-order valence-corrected chi connectivity index (χ3v) is 3.11. The molecule has 78 valence electrons. The summed E-state index contributed by atoms with van der Waals surface area (Å²) in [6, 6.07) is 7.92. The molecule has 15 heavy (non-hydrogen) atoms. The third-order valence-electron chi connectivity index (χ3n) is 3.11. The minimum atomic E-state index is 0.112. The lowest BCUT2D eigenvalue weighted by atomic mass is 9.98. The molecule has 1 aromatic rings. The van der Waals surface area contributed by atoms with Crippen LogP contribution in [-0.2, 0) is 0 Å². The van der Waals surface area contributed by atoms with Crippen molar-refractivity contribution in [2.45, 2.75) is 19.4 Å². The summed E-state index contributed by atoms with van der Waals surface area (Å²) in [6.45, 7) is 5.29. The Kier molecular flexibility index (Phi) is 2.08. The molecule has 1 aromatic carbocycles. The quantitative estimate of drug-likeness (QED) is 0.699. The van der Waals surface area contributed by atoms with Crippen molar-refractivity contribution in [3.63, 3.8) is 0 Å².